The molecule has 6 nitrogen and oxygen atoms in total. The summed E-state index contributed by atoms with van der Waals surface area (Å²) in [5.41, 5.74) is 1.40. The van der Waals surface area contributed by atoms with E-state index in [1.807, 2.05) is 0 Å². The van der Waals surface area contributed by atoms with Gasteiger partial charge in [-0.2, -0.15) is 0 Å². The maximum absolute atomic E-state index is 10.9. The number of anilines is 1. The van der Waals surface area contributed by atoms with Crippen LogP contribution in [0, 0.1) is 16.0 Å². The number of nitro benzene ring substituents is 1. The van der Waals surface area contributed by atoms with E-state index in [4.69, 9.17) is 5.11 Å². The van der Waals surface area contributed by atoms with Crippen molar-refractivity contribution in [2.24, 2.45) is 5.92 Å². The van der Waals surface area contributed by atoms with Gasteiger partial charge in [0.25, 0.3) is 5.69 Å². The lowest BCUT2D eigenvalue weighted by Crippen LogP contribution is -2.20. The summed E-state index contributed by atoms with van der Waals surface area (Å²) >= 11 is 0. The molecule has 2 rings (SSSR count). The Balaban J connectivity index is 2.35. The molecule has 21 heavy (non-hydrogen) atoms. The Hall–Kier alpha value is -2.37. The number of carboxylic acid groups (broad SMARTS) is 1. The molecule has 0 bridgehead atoms. The van der Waals surface area contributed by atoms with E-state index in [1.54, 1.807) is 6.07 Å². The second kappa shape index (κ2) is 6.39. The number of nitrogens with zero attached hydrogens (tertiary/aromatic N) is 2. The van der Waals surface area contributed by atoms with E-state index in [0.717, 1.165) is 37.7 Å². The van der Waals surface area contributed by atoms with E-state index in [-0.39, 0.29) is 5.69 Å². The predicted octanol–water partition coefficient (Wildman–Crippen LogP) is 2.93. The van der Waals surface area contributed by atoms with Gasteiger partial charge in [-0.3, -0.25) is 10.1 Å². The average molecular weight is 290 g/mol. The number of benzene rings is 1. The summed E-state index contributed by atoms with van der Waals surface area (Å²) in [7, 11) is 0. The van der Waals surface area contributed by atoms with Gasteiger partial charge in [0.15, 0.2) is 0 Å². The minimum absolute atomic E-state index is 0.0324. The second-order valence-electron chi connectivity index (χ2n) is 5.18. The van der Waals surface area contributed by atoms with Gasteiger partial charge in [-0.05, 0) is 24.5 Å². The number of carboxylic acids is 1. The molecule has 1 aromatic carbocycles. The Bertz CT molecular complexity index is 583. The first-order valence-electron chi connectivity index (χ1n) is 6.95. The van der Waals surface area contributed by atoms with Crippen molar-refractivity contribution in [2.45, 2.75) is 19.8 Å². The van der Waals surface area contributed by atoms with Crippen molar-refractivity contribution < 1.29 is 14.8 Å². The molecule has 6 heteroatoms. The van der Waals surface area contributed by atoms with Gasteiger partial charge in [-0.25, -0.2) is 4.79 Å². The summed E-state index contributed by atoms with van der Waals surface area (Å²) in [4.78, 5) is 23.3. The Morgan fingerprint density at radius 1 is 1.57 bits per heavy atom. The number of hydrogen-bond acceptors (Lipinski definition) is 4. The van der Waals surface area contributed by atoms with Crippen LogP contribution in [0.2, 0.25) is 0 Å². The van der Waals surface area contributed by atoms with Gasteiger partial charge in [0.1, 0.15) is 0 Å². The number of hydrogen-bond donors (Lipinski definition) is 1. The number of aliphatic carboxylic acids is 1. The van der Waals surface area contributed by atoms with Crippen LogP contribution in [0.15, 0.2) is 24.3 Å². The van der Waals surface area contributed by atoms with Crippen molar-refractivity contribution in [3.8, 4) is 0 Å². The Kier molecular flexibility index (Phi) is 4.57. The van der Waals surface area contributed by atoms with Gasteiger partial charge in [0, 0.05) is 42.5 Å². The van der Waals surface area contributed by atoms with Gasteiger partial charge < -0.3 is 10.0 Å². The molecule has 1 N–H and O–H groups in total. The third-order valence-electron chi connectivity index (χ3n) is 3.83. The monoisotopic (exact) mass is 290 g/mol. The maximum Gasteiger partial charge on any atom is 0.328 e. The molecule has 0 saturated carbocycles. The van der Waals surface area contributed by atoms with Gasteiger partial charge in [-0.1, -0.05) is 13.3 Å². The van der Waals surface area contributed by atoms with E-state index in [0.29, 0.717) is 11.5 Å². The van der Waals surface area contributed by atoms with E-state index >= 15 is 0 Å². The Labute approximate surface area is 122 Å². The Morgan fingerprint density at radius 3 is 2.90 bits per heavy atom. The summed E-state index contributed by atoms with van der Waals surface area (Å²) in [5, 5.41) is 19.6. The average Bonchev–Trinajstić information content (AvgIpc) is 2.93. The SMILES string of the molecule is CCC1CCN(c2ccc([N+](=O)[O-])cc2/C=C/C(=O)O)C1. The normalized spacial score (nSPS) is 18.3. The van der Waals surface area contributed by atoms with Crippen molar-refractivity contribution in [3.63, 3.8) is 0 Å². The van der Waals surface area contributed by atoms with Crippen molar-refractivity contribution in [1.82, 2.24) is 0 Å². The number of rotatable bonds is 5. The molecule has 112 valence electrons. The molecule has 1 aliphatic rings. The smallest absolute Gasteiger partial charge is 0.328 e. The van der Waals surface area contributed by atoms with Crippen LogP contribution in [0.4, 0.5) is 11.4 Å². The van der Waals surface area contributed by atoms with Crippen molar-refractivity contribution in [3.05, 3.63) is 40.0 Å². The summed E-state index contributed by atoms with van der Waals surface area (Å²) in [6, 6.07) is 4.60. The summed E-state index contributed by atoms with van der Waals surface area (Å²) in [6.07, 6.45) is 4.62. The fraction of sp³-hybridized carbons (Fsp3) is 0.400. The van der Waals surface area contributed by atoms with Crippen LogP contribution in [0.5, 0.6) is 0 Å². The third kappa shape index (κ3) is 3.59. The molecule has 1 atom stereocenters. The van der Waals surface area contributed by atoms with E-state index in [9.17, 15) is 14.9 Å². The zero-order valence-corrected chi connectivity index (χ0v) is 11.9. The molecule has 1 saturated heterocycles. The van der Waals surface area contributed by atoms with Crippen molar-refractivity contribution >= 4 is 23.4 Å². The lowest BCUT2D eigenvalue weighted by Gasteiger charge is -2.20. The number of nitro groups is 1. The largest absolute Gasteiger partial charge is 0.478 e. The molecule has 0 spiro atoms. The van der Waals surface area contributed by atoms with E-state index in [2.05, 4.69) is 11.8 Å². The van der Waals surface area contributed by atoms with Crippen LogP contribution in [0.25, 0.3) is 6.08 Å². The number of carbonyl (C=O) groups is 1. The zero-order chi connectivity index (χ0) is 15.4. The van der Waals surface area contributed by atoms with E-state index < -0.39 is 10.9 Å². The lowest BCUT2D eigenvalue weighted by atomic mass is 10.1. The highest BCUT2D eigenvalue weighted by Gasteiger charge is 2.23. The fourth-order valence-corrected chi connectivity index (χ4v) is 2.62. The van der Waals surface area contributed by atoms with Crippen LogP contribution in [-0.2, 0) is 4.79 Å². The van der Waals surface area contributed by atoms with Crippen LogP contribution in [0.3, 0.4) is 0 Å². The van der Waals surface area contributed by atoms with Crippen LogP contribution in [-0.4, -0.2) is 29.1 Å². The number of non-ortho nitro benzene ring substituents is 1. The standard InChI is InChI=1S/C15H18N2O4/c1-2-11-7-8-16(10-11)14-5-4-13(17(20)21)9-12(14)3-6-15(18)19/h3-6,9,11H,2,7-8,10H2,1H3,(H,18,19)/b6-3+. The fourth-order valence-electron chi connectivity index (χ4n) is 2.62. The minimum atomic E-state index is -1.07. The predicted molar refractivity (Wildman–Crippen MR) is 80.4 cm³/mol. The highest BCUT2D eigenvalue weighted by atomic mass is 16.6. The van der Waals surface area contributed by atoms with Crippen LogP contribution >= 0.6 is 0 Å². The highest BCUT2D eigenvalue weighted by Crippen LogP contribution is 2.31. The topological polar surface area (TPSA) is 83.7 Å². The summed E-state index contributed by atoms with van der Waals surface area (Å²) in [6.45, 7) is 3.95. The van der Waals surface area contributed by atoms with Crippen LogP contribution < -0.4 is 4.90 Å². The molecular weight excluding hydrogens is 272 g/mol. The Morgan fingerprint density at radius 2 is 2.33 bits per heavy atom. The summed E-state index contributed by atoms with van der Waals surface area (Å²) < 4.78 is 0. The van der Waals surface area contributed by atoms with Gasteiger partial charge in [-0.15, -0.1) is 0 Å². The molecule has 1 unspecified atom stereocenters. The zero-order valence-electron chi connectivity index (χ0n) is 11.9. The van der Waals surface area contributed by atoms with Crippen molar-refractivity contribution in [1.29, 1.82) is 0 Å². The first-order valence-corrected chi connectivity index (χ1v) is 6.95. The minimum Gasteiger partial charge on any atom is -0.478 e. The molecular formula is C15H18N2O4. The molecule has 0 aliphatic carbocycles. The highest BCUT2D eigenvalue weighted by molar-refractivity contribution is 5.87. The third-order valence-corrected chi connectivity index (χ3v) is 3.83. The van der Waals surface area contributed by atoms with Gasteiger partial charge >= 0.3 is 5.97 Å². The molecule has 1 heterocycles. The second-order valence-corrected chi connectivity index (χ2v) is 5.18. The first-order chi connectivity index (χ1) is 10.0. The van der Waals surface area contributed by atoms with Crippen LogP contribution in [0.1, 0.15) is 25.3 Å². The lowest BCUT2D eigenvalue weighted by molar-refractivity contribution is -0.384. The molecule has 0 amide bonds. The van der Waals surface area contributed by atoms with Gasteiger partial charge in [0.2, 0.25) is 0 Å². The summed E-state index contributed by atoms with van der Waals surface area (Å²) in [5.74, 6) is -0.447. The molecule has 1 fully saturated rings. The maximum atomic E-state index is 10.9. The van der Waals surface area contributed by atoms with E-state index in [1.165, 1.54) is 18.2 Å². The quantitative estimate of drug-likeness (QED) is 0.512. The first kappa shape index (κ1) is 15.0. The molecule has 0 aromatic heterocycles. The molecule has 1 aromatic rings. The van der Waals surface area contributed by atoms with Crippen molar-refractivity contribution in [2.75, 3.05) is 18.0 Å². The molecule has 1 aliphatic heterocycles. The molecule has 0 radical (unpaired) electrons. The van der Waals surface area contributed by atoms with Gasteiger partial charge in [0.05, 0.1) is 4.92 Å².